The third-order valence-corrected chi connectivity index (χ3v) is 3.49. The van der Waals surface area contributed by atoms with E-state index in [1.165, 1.54) is 0 Å². The van der Waals surface area contributed by atoms with Crippen molar-refractivity contribution in [3.8, 4) is 5.75 Å². The molecule has 0 heterocycles. The van der Waals surface area contributed by atoms with E-state index in [0.29, 0.717) is 29.9 Å². The SMILES string of the molecule is CCN(Cc1ccc(N)cc1)C(=O)c1cccc(C)c1O. The van der Waals surface area contributed by atoms with E-state index in [2.05, 4.69) is 0 Å². The number of phenolic OH excluding ortho intramolecular Hbond substituents is 1. The number of nitrogens with two attached hydrogens (primary N) is 1. The molecule has 2 rings (SSSR count). The molecule has 0 aliphatic rings. The van der Waals surface area contributed by atoms with Crippen LogP contribution in [0.3, 0.4) is 0 Å². The maximum Gasteiger partial charge on any atom is 0.257 e. The van der Waals surface area contributed by atoms with Crippen LogP contribution in [-0.2, 0) is 6.54 Å². The summed E-state index contributed by atoms with van der Waals surface area (Å²) in [6, 6.07) is 12.6. The van der Waals surface area contributed by atoms with Crippen LogP contribution in [-0.4, -0.2) is 22.5 Å². The minimum absolute atomic E-state index is 0.0539. The molecule has 0 spiro atoms. The highest BCUT2D eigenvalue weighted by molar-refractivity contribution is 5.97. The van der Waals surface area contributed by atoms with Gasteiger partial charge >= 0.3 is 0 Å². The summed E-state index contributed by atoms with van der Waals surface area (Å²) in [5, 5.41) is 10.1. The Labute approximate surface area is 124 Å². The van der Waals surface area contributed by atoms with E-state index in [-0.39, 0.29) is 11.7 Å². The highest BCUT2D eigenvalue weighted by Crippen LogP contribution is 2.23. The van der Waals surface area contributed by atoms with Crippen LogP contribution in [0.15, 0.2) is 42.5 Å². The van der Waals surface area contributed by atoms with Crippen LogP contribution in [0, 0.1) is 6.92 Å². The molecule has 0 fully saturated rings. The van der Waals surface area contributed by atoms with Gasteiger partial charge in [0.05, 0.1) is 5.56 Å². The maximum absolute atomic E-state index is 12.6. The van der Waals surface area contributed by atoms with Crippen LogP contribution in [0.1, 0.15) is 28.4 Å². The van der Waals surface area contributed by atoms with Crippen molar-refractivity contribution in [2.24, 2.45) is 0 Å². The van der Waals surface area contributed by atoms with E-state index < -0.39 is 0 Å². The molecule has 2 aromatic carbocycles. The van der Waals surface area contributed by atoms with Gasteiger partial charge in [-0.1, -0.05) is 24.3 Å². The lowest BCUT2D eigenvalue weighted by Crippen LogP contribution is -2.30. The lowest BCUT2D eigenvalue weighted by atomic mass is 10.1. The second kappa shape index (κ2) is 6.31. The quantitative estimate of drug-likeness (QED) is 0.848. The lowest BCUT2D eigenvalue weighted by Gasteiger charge is -2.22. The number of hydrogen-bond acceptors (Lipinski definition) is 3. The van der Waals surface area contributed by atoms with Crippen molar-refractivity contribution in [1.29, 1.82) is 0 Å². The Hall–Kier alpha value is -2.49. The zero-order chi connectivity index (χ0) is 15.4. The Morgan fingerprint density at radius 1 is 1.19 bits per heavy atom. The molecule has 4 nitrogen and oxygen atoms in total. The molecule has 0 bridgehead atoms. The summed E-state index contributed by atoms with van der Waals surface area (Å²) in [7, 11) is 0. The fraction of sp³-hybridized carbons (Fsp3) is 0.235. The molecule has 1 amide bonds. The van der Waals surface area contributed by atoms with Gasteiger partial charge in [-0.25, -0.2) is 0 Å². The van der Waals surface area contributed by atoms with Gasteiger partial charge in [-0.05, 0) is 43.2 Å². The number of amides is 1. The third kappa shape index (κ3) is 3.34. The van der Waals surface area contributed by atoms with E-state index in [9.17, 15) is 9.90 Å². The van der Waals surface area contributed by atoms with E-state index in [1.807, 2.05) is 31.2 Å². The van der Waals surface area contributed by atoms with Gasteiger partial charge < -0.3 is 15.7 Å². The molecule has 21 heavy (non-hydrogen) atoms. The molecule has 3 N–H and O–H groups in total. The minimum Gasteiger partial charge on any atom is -0.507 e. The summed E-state index contributed by atoms with van der Waals surface area (Å²) < 4.78 is 0. The van der Waals surface area contributed by atoms with Gasteiger partial charge in [-0.3, -0.25) is 4.79 Å². The predicted octanol–water partition coefficient (Wildman–Crippen LogP) is 2.95. The van der Waals surface area contributed by atoms with Crippen molar-refractivity contribution in [3.63, 3.8) is 0 Å². The van der Waals surface area contributed by atoms with E-state index in [0.717, 1.165) is 5.56 Å². The smallest absolute Gasteiger partial charge is 0.257 e. The second-order valence-corrected chi connectivity index (χ2v) is 5.03. The average molecular weight is 284 g/mol. The normalized spacial score (nSPS) is 10.4. The Balaban J connectivity index is 2.22. The number of rotatable bonds is 4. The number of nitrogen functional groups attached to an aromatic ring is 1. The molecule has 0 aliphatic carbocycles. The molecule has 0 aromatic heterocycles. The Bertz CT molecular complexity index is 636. The molecular weight excluding hydrogens is 264 g/mol. The Morgan fingerprint density at radius 2 is 1.86 bits per heavy atom. The Morgan fingerprint density at radius 3 is 2.48 bits per heavy atom. The van der Waals surface area contributed by atoms with Gasteiger partial charge in [0.25, 0.3) is 5.91 Å². The topological polar surface area (TPSA) is 66.6 Å². The number of benzene rings is 2. The summed E-state index contributed by atoms with van der Waals surface area (Å²) >= 11 is 0. The molecule has 0 radical (unpaired) electrons. The summed E-state index contributed by atoms with van der Waals surface area (Å²) in [4.78, 5) is 14.3. The predicted molar refractivity (Wildman–Crippen MR) is 84.1 cm³/mol. The molecule has 0 atom stereocenters. The van der Waals surface area contributed by atoms with Crippen LogP contribution >= 0.6 is 0 Å². The van der Waals surface area contributed by atoms with Crippen molar-refractivity contribution in [2.45, 2.75) is 20.4 Å². The first-order valence-electron chi connectivity index (χ1n) is 6.95. The summed E-state index contributed by atoms with van der Waals surface area (Å²) in [5.74, 6) is -0.117. The molecule has 110 valence electrons. The number of carbonyl (C=O) groups excluding carboxylic acids is 1. The number of aromatic hydroxyl groups is 1. The highest BCUT2D eigenvalue weighted by atomic mass is 16.3. The van der Waals surface area contributed by atoms with Crippen molar-refractivity contribution in [2.75, 3.05) is 12.3 Å². The number of phenols is 1. The largest absolute Gasteiger partial charge is 0.507 e. The molecule has 0 saturated carbocycles. The first-order valence-corrected chi connectivity index (χ1v) is 6.95. The number of hydrogen-bond donors (Lipinski definition) is 2. The number of carbonyl (C=O) groups is 1. The first-order chi connectivity index (χ1) is 10.0. The fourth-order valence-electron chi connectivity index (χ4n) is 2.17. The molecule has 2 aromatic rings. The van der Waals surface area contributed by atoms with Crippen LogP contribution in [0.25, 0.3) is 0 Å². The van der Waals surface area contributed by atoms with Crippen LogP contribution in [0.5, 0.6) is 5.75 Å². The van der Waals surface area contributed by atoms with Gasteiger partial charge in [-0.15, -0.1) is 0 Å². The van der Waals surface area contributed by atoms with Crippen molar-refractivity contribution < 1.29 is 9.90 Å². The van der Waals surface area contributed by atoms with E-state index in [1.54, 1.807) is 30.0 Å². The molecule has 4 heteroatoms. The number of aryl methyl sites for hydroxylation is 1. The zero-order valence-corrected chi connectivity index (χ0v) is 12.3. The molecular formula is C17H20N2O2. The number of para-hydroxylation sites is 1. The van der Waals surface area contributed by atoms with Crippen LogP contribution in [0.4, 0.5) is 5.69 Å². The van der Waals surface area contributed by atoms with Crippen LogP contribution < -0.4 is 5.73 Å². The summed E-state index contributed by atoms with van der Waals surface area (Å²) in [5.41, 5.74) is 8.41. The van der Waals surface area contributed by atoms with E-state index in [4.69, 9.17) is 5.73 Å². The Kier molecular flexibility index (Phi) is 4.48. The van der Waals surface area contributed by atoms with Crippen molar-refractivity contribution >= 4 is 11.6 Å². The second-order valence-electron chi connectivity index (χ2n) is 5.03. The molecule has 0 unspecified atom stereocenters. The average Bonchev–Trinajstić information content (AvgIpc) is 2.49. The number of nitrogens with zero attached hydrogens (tertiary/aromatic N) is 1. The number of anilines is 1. The monoisotopic (exact) mass is 284 g/mol. The fourth-order valence-corrected chi connectivity index (χ4v) is 2.17. The maximum atomic E-state index is 12.6. The summed E-state index contributed by atoms with van der Waals surface area (Å²) in [6.45, 7) is 4.75. The lowest BCUT2D eigenvalue weighted by molar-refractivity contribution is 0.0749. The minimum atomic E-state index is -0.171. The van der Waals surface area contributed by atoms with Crippen molar-refractivity contribution in [1.82, 2.24) is 4.90 Å². The molecule has 0 aliphatic heterocycles. The van der Waals surface area contributed by atoms with Gasteiger partial charge in [0, 0.05) is 18.8 Å². The van der Waals surface area contributed by atoms with Crippen LogP contribution in [0.2, 0.25) is 0 Å². The first kappa shape index (κ1) is 14.9. The van der Waals surface area contributed by atoms with Gasteiger partial charge in [0.2, 0.25) is 0 Å². The van der Waals surface area contributed by atoms with Crippen molar-refractivity contribution in [3.05, 3.63) is 59.2 Å². The molecule has 0 saturated heterocycles. The van der Waals surface area contributed by atoms with Gasteiger partial charge in [0.15, 0.2) is 0 Å². The highest BCUT2D eigenvalue weighted by Gasteiger charge is 2.18. The van der Waals surface area contributed by atoms with E-state index >= 15 is 0 Å². The van der Waals surface area contributed by atoms with Gasteiger partial charge in [0.1, 0.15) is 5.75 Å². The zero-order valence-electron chi connectivity index (χ0n) is 12.3. The summed E-state index contributed by atoms with van der Waals surface area (Å²) in [6.07, 6.45) is 0. The standard InChI is InChI=1S/C17H20N2O2/c1-3-19(11-13-7-9-14(18)10-8-13)17(21)15-6-4-5-12(2)16(15)20/h4-10,20H,3,11,18H2,1-2H3. The third-order valence-electron chi connectivity index (χ3n) is 3.49. The van der Waals surface area contributed by atoms with Gasteiger partial charge in [-0.2, -0.15) is 0 Å².